The van der Waals surface area contributed by atoms with Crippen LogP contribution in [0.3, 0.4) is 0 Å². The predicted molar refractivity (Wildman–Crippen MR) is 110 cm³/mol. The summed E-state index contributed by atoms with van der Waals surface area (Å²) in [7, 11) is 0. The van der Waals surface area contributed by atoms with Gasteiger partial charge < -0.3 is 10.2 Å². The Hall–Kier alpha value is -2.33. The molecule has 2 amide bonds. The minimum atomic E-state index is -0.587. The van der Waals surface area contributed by atoms with E-state index in [1.165, 1.54) is 0 Å². The first-order chi connectivity index (χ1) is 12.7. The van der Waals surface area contributed by atoms with Gasteiger partial charge in [-0.1, -0.05) is 54.1 Å². The van der Waals surface area contributed by atoms with E-state index in [4.69, 9.17) is 11.6 Å². The van der Waals surface area contributed by atoms with Gasteiger partial charge in [0.25, 0.3) is 0 Å². The molecule has 5 heteroatoms. The summed E-state index contributed by atoms with van der Waals surface area (Å²) >= 11 is 5.96. The Bertz CT molecular complexity index is 767. The molecule has 2 aromatic carbocycles. The molecule has 1 N–H and O–H groups in total. The normalized spacial score (nSPS) is 12.3. The maximum Gasteiger partial charge on any atom is 0.242 e. The average Bonchev–Trinajstić information content (AvgIpc) is 2.60. The van der Waals surface area contributed by atoms with Gasteiger partial charge in [-0.05, 0) is 51.0 Å². The van der Waals surface area contributed by atoms with Gasteiger partial charge in [0.15, 0.2) is 0 Å². The van der Waals surface area contributed by atoms with Crippen LogP contribution in [-0.2, 0) is 22.6 Å². The Morgan fingerprint density at radius 1 is 1.00 bits per heavy atom. The molecule has 0 aliphatic carbocycles. The van der Waals surface area contributed by atoms with Gasteiger partial charge in [-0.3, -0.25) is 9.59 Å². The first-order valence-electron chi connectivity index (χ1n) is 9.05. The molecule has 0 saturated carbocycles. The minimum absolute atomic E-state index is 0.0901. The topological polar surface area (TPSA) is 49.4 Å². The second-order valence-corrected chi connectivity index (χ2v) is 8.16. The molecule has 2 aromatic rings. The quantitative estimate of drug-likeness (QED) is 0.808. The minimum Gasteiger partial charge on any atom is -0.350 e. The van der Waals surface area contributed by atoms with Gasteiger partial charge in [0.05, 0.1) is 6.42 Å². The molecule has 0 saturated heterocycles. The summed E-state index contributed by atoms with van der Waals surface area (Å²) in [6, 6.07) is 16.3. The standard InChI is InChI=1S/C22H27ClN2O2/c1-16(21(27)24-22(2,3)4)25(15-18-10-12-19(23)13-11-18)20(26)14-17-8-6-5-7-9-17/h5-13,16H,14-15H2,1-4H3,(H,24,27)/t16-/m1/s1. The smallest absolute Gasteiger partial charge is 0.242 e. The van der Waals surface area contributed by atoms with Crippen molar-refractivity contribution in [1.29, 1.82) is 0 Å². The van der Waals surface area contributed by atoms with Crippen LogP contribution in [0.1, 0.15) is 38.8 Å². The molecule has 0 unspecified atom stereocenters. The fourth-order valence-electron chi connectivity index (χ4n) is 2.72. The number of carbonyl (C=O) groups is 2. The molecule has 0 aliphatic rings. The van der Waals surface area contributed by atoms with E-state index in [1.807, 2.05) is 63.2 Å². The van der Waals surface area contributed by atoms with Crippen LogP contribution in [0.15, 0.2) is 54.6 Å². The Morgan fingerprint density at radius 2 is 1.59 bits per heavy atom. The first-order valence-corrected chi connectivity index (χ1v) is 9.43. The van der Waals surface area contributed by atoms with E-state index < -0.39 is 6.04 Å². The van der Waals surface area contributed by atoms with E-state index in [-0.39, 0.29) is 23.8 Å². The average molecular weight is 387 g/mol. The monoisotopic (exact) mass is 386 g/mol. The number of hydrogen-bond donors (Lipinski definition) is 1. The first kappa shape index (κ1) is 21.0. The lowest BCUT2D eigenvalue weighted by Crippen LogP contribution is -2.52. The molecule has 144 valence electrons. The molecule has 0 aliphatic heterocycles. The van der Waals surface area contributed by atoms with E-state index in [0.29, 0.717) is 11.6 Å². The number of hydrogen-bond acceptors (Lipinski definition) is 2. The van der Waals surface area contributed by atoms with Crippen LogP contribution in [0, 0.1) is 0 Å². The Morgan fingerprint density at radius 3 is 2.15 bits per heavy atom. The van der Waals surface area contributed by atoms with Crippen LogP contribution in [0.25, 0.3) is 0 Å². The number of halogens is 1. The summed E-state index contributed by atoms with van der Waals surface area (Å²) < 4.78 is 0. The van der Waals surface area contributed by atoms with E-state index in [0.717, 1.165) is 11.1 Å². The number of nitrogens with one attached hydrogen (secondary N) is 1. The van der Waals surface area contributed by atoms with Crippen LogP contribution in [0.2, 0.25) is 5.02 Å². The largest absolute Gasteiger partial charge is 0.350 e. The summed E-state index contributed by atoms with van der Waals surface area (Å²) in [6.45, 7) is 7.88. The molecule has 4 nitrogen and oxygen atoms in total. The SMILES string of the molecule is C[C@H](C(=O)NC(C)(C)C)N(Cc1ccc(Cl)cc1)C(=O)Cc1ccccc1. The lowest BCUT2D eigenvalue weighted by atomic mass is 10.1. The fraction of sp³-hybridized carbons (Fsp3) is 0.364. The predicted octanol–water partition coefficient (Wildman–Crippen LogP) is 4.21. The zero-order chi connectivity index (χ0) is 20.0. The highest BCUT2D eigenvalue weighted by Crippen LogP contribution is 2.16. The Balaban J connectivity index is 2.22. The van der Waals surface area contributed by atoms with Crippen molar-refractivity contribution in [2.45, 2.75) is 52.2 Å². The van der Waals surface area contributed by atoms with Gasteiger partial charge >= 0.3 is 0 Å². The van der Waals surface area contributed by atoms with Crippen LogP contribution >= 0.6 is 11.6 Å². The number of nitrogens with zero attached hydrogens (tertiary/aromatic N) is 1. The van der Waals surface area contributed by atoms with E-state index in [9.17, 15) is 9.59 Å². The van der Waals surface area contributed by atoms with Crippen LogP contribution in [0.5, 0.6) is 0 Å². The third-order valence-electron chi connectivity index (χ3n) is 4.13. The Kier molecular flexibility index (Phi) is 7.03. The molecule has 0 spiro atoms. The summed E-state index contributed by atoms with van der Waals surface area (Å²) in [6.07, 6.45) is 0.252. The molecule has 0 fully saturated rings. The van der Waals surface area contributed by atoms with Crippen molar-refractivity contribution >= 4 is 23.4 Å². The van der Waals surface area contributed by atoms with E-state index in [2.05, 4.69) is 5.32 Å². The van der Waals surface area contributed by atoms with Crippen molar-refractivity contribution in [3.63, 3.8) is 0 Å². The molecule has 0 aromatic heterocycles. The lowest BCUT2D eigenvalue weighted by Gasteiger charge is -2.31. The van der Waals surface area contributed by atoms with Crippen LogP contribution in [-0.4, -0.2) is 28.3 Å². The second-order valence-electron chi connectivity index (χ2n) is 7.73. The number of carbonyl (C=O) groups excluding carboxylic acids is 2. The van der Waals surface area contributed by atoms with E-state index >= 15 is 0 Å². The highest BCUT2D eigenvalue weighted by molar-refractivity contribution is 6.30. The molecule has 0 radical (unpaired) electrons. The summed E-state index contributed by atoms with van der Waals surface area (Å²) in [5.74, 6) is -0.259. The number of amides is 2. The zero-order valence-electron chi connectivity index (χ0n) is 16.3. The van der Waals surface area contributed by atoms with Gasteiger partial charge in [-0.2, -0.15) is 0 Å². The third-order valence-corrected chi connectivity index (χ3v) is 4.38. The van der Waals surface area contributed by atoms with Gasteiger partial charge in [0.2, 0.25) is 11.8 Å². The fourth-order valence-corrected chi connectivity index (χ4v) is 2.84. The van der Waals surface area contributed by atoms with Gasteiger partial charge in [0, 0.05) is 17.1 Å². The molecular weight excluding hydrogens is 360 g/mol. The second kappa shape index (κ2) is 9.05. The van der Waals surface area contributed by atoms with Crippen molar-refractivity contribution in [3.05, 3.63) is 70.7 Å². The molecule has 0 heterocycles. The van der Waals surface area contributed by atoms with Gasteiger partial charge in [-0.25, -0.2) is 0 Å². The molecule has 0 bridgehead atoms. The Labute approximate surface area is 166 Å². The van der Waals surface area contributed by atoms with Crippen molar-refractivity contribution < 1.29 is 9.59 Å². The van der Waals surface area contributed by atoms with Crippen molar-refractivity contribution in [2.24, 2.45) is 0 Å². The van der Waals surface area contributed by atoms with Gasteiger partial charge in [-0.15, -0.1) is 0 Å². The number of rotatable bonds is 6. The highest BCUT2D eigenvalue weighted by Gasteiger charge is 2.28. The van der Waals surface area contributed by atoms with Crippen molar-refractivity contribution in [3.8, 4) is 0 Å². The molecule has 1 atom stereocenters. The van der Waals surface area contributed by atoms with E-state index in [1.54, 1.807) is 24.0 Å². The maximum absolute atomic E-state index is 13.0. The van der Waals surface area contributed by atoms with Crippen LogP contribution < -0.4 is 5.32 Å². The lowest BCUT2D eigenvalue weighted by molar-refractivity contribution is -0.140. The number of benzene rings is 2. The zero-order valence-corrected chi connectivity index (χ0v) is 17.1. The van der Waals surface area contributed by atoms with Crippen molar-refractivity contribution in [2.75, 3.05) is 0 Å². The molecular formula is C22H27ClN2O2. The van der Waals surface area contributed by atoms with Crippen LogP contribution in [0.4, 0.5) is 0 Å². The summed E-state index contributed by atoms with van der Waals surface area (Å²) in [5.41, 5.74) is 1.49. The molecule has 2 rings (SSSR count). The van der Waals surface area contributed by atoms with Crippen molar-refractivity contribution in [1.82, 2.24) is 10.2 Å². The third kappa shape index (κ3) is 6.72. The summed E-state index contributed by atoms with van der Waals surface area (Å²) in [4.78, 5) is 27.3. The highest BCUT2D eigenvalue weighted by atomic mass is 35.5. The van der Waals surface area contributed by atoms with Gasteiger partial charge in [0.1, 0.15) is 6.04 Å². The maximum atomic E-state index is 13.0. The molecule has 27 heavy (non-hydrogen) atoms. The summed E-state index contributed by atoms with van der Waals surface area (Å²) in [5, 5.41) is 3.60.